The van der Waals surface area contributed by atoms with Crippen molar-refractivity contribution in [1.29, 1.82) is 0 Å². The molecule has 0 bridgehead atoms. The summed E-state index contributed by atoms with van der Waals surface area (Å²) in [6.07, 6.45) is 1.57. The van der Waals surface area contributed by atoms with Crippen molar-refractivity contribution < 1.29 is 42.5 Å². The van der Waals surface area contributed by atoms with E-state index in [4.69, 9.17) is 0 Å². The van der Waals surface area contributed by atoms with Crippen molar-refractivity contribution in [2.24, 2.45) is 0 Å². The third-order valence-corrected chi connectivity index (χ3v) is 3.10. The van der Waals surface area contributed by atoms with Crippen molar-refractivity contribution in [1.82, 2.24) is 4.98 Å². The summed E-state index contributed by atoms with van der Waals surface area (Å²) in [6.45, 7) is 1.82. The van der Waals surface area contributed by atoms with E-state index in [1.54, 1.807) is 24.4 Å². The summed E-state index contributed by atoms with van der Waals surface area (Å²) in [6, 6.07) is 6.10. The van der Waals surface area contributed by atoms with E-state index in [0.717, 1.165) is 5.56 Å². The Balaban J connectivity index is 0.00000128. The van der Waals surface area contributed by atoms with Crippen LogP contribution in [0.25, 0.3) is 10.9 Å². The van der Waals surface area contributed by atoms with Crippen LogP contribution in [0.3, 0.4) is 0 Å². The topological polar surface area (TPSA) is 70.1 Å². The zero-order valence-corrected chi connectivity index (χ0v) is 11.8. The van der Waals surface area contributed by atoms with Crippen LogP contribution in [0.5, 0.6) is 0 Å². The van der Waals surface area contributed by atoms with Crippen LogP contribution in [0, 0.1) is 6.92 Å². The quantitative estimate of drug-likeness (QED) is 0.450. The molecule has 78 valence electrons. The van der Waals surface area contributed by atoms with Gasteiger partial charge in [0, 0.05) is 11.6 Å². The molecule has 0 unspecified atom stereocenters. The van der Waals surface area contributed by atoms with E-state index in [0.29, 0.717) is 10.9 Å². The summed E-state index contributed by atoms with van der Waals surface area (Å²) >= 11 is 0. The Labute approximate surface area is 116 Å². The molecule has 0 aliphatic heterocycles. The first-order chi connectivity index (χ1) is 7.00. The molecule has 0 saturated carbocycles. The van der Waals surface area contributed by atoms with Gasteiger partial charge in [-0.15, -0.1) is 0 Å². The zero-order valence-electron chi connectivity index (χ0n) is 8.97. The molecule has 1 heterocycles. The fraction of sp³-hybridized carbons (Fsp3) is 0.100. The Morgan fingerprint density at radius 2 is 1.94 bits per heavy atom. The number of pyridine rings is 1. The molecule has 2 aromatic rings. The SMILES string of the molecule is Cc1ccc(S(=O)(=O)[O-])c2cccnc12.[Na+]. The van der Waals surface area contributed by atoms with Crippen LogP contribution in [0.1, 0.15) is 5.56 Å². The van der Waals surface area contributed by atoms with E-state index in [2.05, 4.69) is 4.98 Å². The predicted molar refractivity (Wildman–Crippen MR) is 54.4 cm³/mol. The predicted octanol–water partition coefficient (Wildman–Crippen LogP) is -1.55. The third-order valence-electron chi connectivity index (χ3n) is 2.20. The van der Waals surface area contributed by atoms with Gasteiger partial charge in [0.1, 0.15) is 10.1 Å². The number of nitrogens with zero attached hydrogens (tertiary/aromatic N) is 1. The second-order valence-electron chi connectivity index (χ2n) is 3.23. The van der Waals surface area contributed by atoms with Crippen LogP contribution in [0.4, 0.5) is 0 Å². The van der Waals surface area contributed by atoms with Crippen molar-refractivity contribution in [2.75, 3.05) is 0 Å². The monoisotopic (exact) mass is 245 g/mol. The zero-order chi connectivity index (χ0) is 11.1. The summed E-state index contributed by atoms with van der Waals surface area (Å²) in [5, 5.41) is 0.382. The first-order valence-electron chi connectivity index (χ1n) is 4.30. The van der Waals surface area contributed by atoms with E-state index < -0.39 is 10.1 Å². The largest absolute Gasteiger partial charge is 1.00 e. The average molecular weight is 245 g/mol. The summed E-state index contributed by atoms with van der Waals surface area (Å²) in [5.74, 6) is 0. The van der Waals surface area contributed by atoms with Crippen LogP contribution >= 0.6 is 0 Å². The molecular formula is C10H8NNaO3S. The standard InChI is InChI=1S/C10H9NO3S.Na/c1-7-4-5-9(15(12,13)14)8-3-2-6-11-10(7)8;/h2-6H,1H3,(H,12,13,14);/q;+1/p-1. The van der Waals surface area contributed by atoms with Gasteiger partial charge in [0.25, 0.3) is 0 Å². The van der Waals surface area contributed by atoms with E-state index in [9.17, 15) is 13.0 Å². The van der Waals surface area contributed by atoms with Crippen molar-refractivity contribution in [3.8, 4) is 0 Å². The van der Waals surface area contributed by atoms with Crippen LogP contribution in [0.15, 0.2) is 35.4 Å². The van der Waals surface area contributed by atoms with E-state index >= 15 is 0 Å². The molecule has 1 aromatic heterocycles. The first-order valence-corrected chi connectivity index (χ1v) is 5.71. The molecule has 4 nitrogen and oxygen atoms in total. The molecule has 1 aromatic carbocycles. The Bertz CT molecular complexity index is 625. The number of benzene rings is 1. The number of aryl methyl sites for hydroxylation is 1. The summed E-state index contributed by atoms with van der Waals surface area (Å²) < 4.78 is 32.9. The number of rotatable bonds is 1. The fourth-order valence-corrected chi connectivity index (χ4v) is 2.17. The van der Waals surface area contributed by atoms with Crippen LogP contribution in [-0.4, -0.2) is 18.0 Å². The maximum Gasteiger partial charge on any atom is 1.00 e. The van der Waals surface area contributed by atoms with Crippen LogP contribution in [-0.2, 0) is 10.1 Å². The minimum absolute atomic E-state index is 0. The normalized spacial score (nSPS) is 11.1. The average Bonchev–Trinajstić information content (AvgIpc) is 2.17. The molecule has 0 N–H and O–H groups in total. The van der Waals surface area contributed by atoms with Gasteiger partial charge in [-0.3, -0.25) is 4.98 Å². The third kappa shape index (κ3) is 2.44. The Kier molecular flexibility index (Phi) is 4.09. The minimum atomic E-state index is -4.44. The van der Waals surface area contributed by atoms with Gasteiger partial charge < -0.3 is 4.55 Å². The van der Waals surface area contributed by atoms with Gasteiger partial charge in [0.15, 0.2) is 0 Å². The number of hydrogen-bond acceptors (Lipinski definition) is 4. The second-order valence-corrected chi connectivity index (χ2v) is 4.58. The molecule has 16 heavy (non-hydrogen) atoms. The molecule has 0 aliphatic carbocycles. The molecule has 0 aliphatic rings. The van der Waals surface area contributed by atoms with Gasteiger partial charge in [-0.2, -0.15) is 0 Å². The maximum atomic E-state index is 11.0. The molecule has 0 amide bonds. The van der Waals surface area contributed by atoms with Gasteiger partial charge in [0.2, 0.25) is 0 Å². The van der Waals surface area contributed by atoms with Crippen LogP contribution in [0.2, 0.25) is 0 Å². The molecule has 0 saturated heterocycles. The minimum Gasteiger partial charge on any atom is -0.744 e. The number of hydrogen-bond donors (Lipinski definition) is 0. The van der Waals surface area contributed by atoms with Crippen molar-refractivity contribution in [2.45, 2.75) is 11.8 Å². The summed E-state index contributed by atoms with van der Waals surface area (Å²) in [5.41, 5.74) is 1.40. The maximum absolute atomic E-state index is 11.0. The van der Waals surface area contributed by atoms with Gasteiger partial charge in [-0.1, -0.05) is 12.1 Å². The molecule has 0 radical (unpaired) electrons. The van der Waals surface area contributed by atoms with E-state index in [1.807, 2.05) is 6.92 Å². The molecule has 2 rings (SSSR count). The second kappa shape index (κ2) is 4.81. The molecule has 0 spiro atoms. The van der Waals surface area contributed by atoms with Gasteiger partial charge in [-0.25, -0.2) is 8.42 Å². The molecular weight excluding hydrogens is 237 g/mol. The Morgan fingerprint density at radius 1 is 1.25 bits per heavy atom. The molecule has 0 fully saturated rings. The molecule has 0 atom stereocenters. The molecule has 6 heteroatoms. The van der Waals surface area contributed by atoms with Crippen molar-refractivity contribution in [3.05, 3.63) is 36.0 Å². The van der Waals surface area contributed by atoms with E-state index in [1.165, 1.54) is 6.07 Å². The summed E-state index contributed by atoms with van der Waals surface area (Å²) in [4.78, 5) is 3.84. The number of aromatic nitrogens is 1. The van der Waals surface area contributed by atoms with E-state index in [-0.39, 0.29) is 34.5 Å². The smallest absolute Gasteiger partial charge is 0.744 e. The summed E-state index contributed by atoms with van der Waals surface area (Å²) in [7, 11) is -4.44. The van der Waals surface area contributed by atoms with Crippen LogP contribution < -0.4 is 29.6 Å². The van der Waals surface area contributed by atoms with Crippen molar-refractivity contribution in [3.63, 3.8) is 0 Å². The first kappa shape index (κ1) is 13.6. The number of fused-ring (bicyclic) bond motifs is 1. The van der Waals surface area contributed by atoms with Gasteiger partial charge in [0.05, 0.1) is 10.4 Å². The van der Waals surface area contributed by atoms with Gasteiger partial charge >= 0.3 is 29.6 Å². The van der Waals surface area contributed by atoms with Gasteiger partial charge in [-0.05, 0) is 24.6 Å². The van der Waals surface area contributed by atoms with Crippen molar-refractivity contribution >= 4 is 21.0 Å². The fourth-order valence-electron chi connectivity index (χ4n) is 1.51. The Morgan fingerprint density at radius 3 is 2.56 bits per heavy atom. The Hall–Kier alpha value is -0.460.